The second-order valence-corrected chi connectivity index (χ2v) is 24.0. The van der Waals surface area contributed by atoms with Gasteiger partial charge in [-0.25, -0.2) is 4.79 Å². The summed E-state index contributed by atoms with van der Waals surface area (Å²) in [6, 6.07) is 1.25. The fourth-order valence-electron chi connectivity index (χ4n) is 10.8. The molecule has 490 valence electrons. The summed E-state index contributed by atoms with van der Waals surface area (Å²) in [6.45, 7) is 0.651. The summed E-state index contributed by atoms with van der Waals surface area (Å²) in [7, 11) is -1.44. The third-order valence-corrected chi connectivity index (χ3v) is 17.3. The minimum atomic E-state index is -5.75. The molecule has 15 N–H and O–H groups in total. The maximum atomic E-state index is 15.8. The third kappa shape index (κ3) is 14.2. The largest absolute Gasteiger partial charge is 0.508 e. The fraction of sp³-hybridized carbons (Fsp3) is 0.356. The molecular formula is C59H62ClN7O24S. The maximum Gasteiger partial charge on any atom is 0.330 e. The van der Waals surface area contributed by atoms with Gasteiger partial charge < -0.3 is 96.4 Å². The lowest BCUT2D eigenvalue weighted by molar-refractivity contribution is -0.283. The number of nitrogens with one attached hydrogen (secondary N) is 6. The average molecular weight is 1320 g/mol. The number of benzene rings is 5. The van der Waals surface area contributed by atoms with Crippen molar-refractivity contribution in [3.05, 3.63) is 118 Å². The number of likely N-dealkylation sites (N-methyl/N-ethyl adjacent to an activating group) is 1. The molecule has 5 aromatic carbocycles. The number of aliphatic hydroxyl groups excluding tert-OH is 3. The molecule has 0 saturated carbocycles. The summed E-state index contributed by atoms with van der Waals surface area (Å²) >= 11 is 6.94. The number of aliphatic carboxylic acids is 2. The molecule has 11 bridgehead atoms. The van der Waals surface area contributed by atoms with Crippen LogP contribution in [0.5, 0.6) is 46.0 Å². The first-order valence-electron chi connectivity index (χ1n) is 28.0. The molecule has 33 heteroatoms. The van der Waals surface area contributed by atoms with Gasteiger partial charge in [0.1, 0.15) is 88.6 Å². The Morgan fingerprint density at radius 2 is 1.40 bits per heavy atom. The zero-order valence-electron chi connectivity index (χ0n) is 48.8. The maximum absolute atomic E-state index is 15.8. The van der Waals surface area contributed by atoms with Gasteiger partial charge in [-0.05, 0) is 104 Å². The summed E-state index contributed by atoms with van der Waals surface area (Å²) in [5.41, 5.74) is -2.83. The Morgan fingerprint density at radius 3 is 2.03 bits per heavy atom. The van der Waals surface area contributed by atoms with Crippen molar-refractivity contribution < 1.29 is 116 Å². The summed E-state index contributed by atoms with van der Waals surface area (Å²) < 4.78 is 69.8. The van der Waals surface area contributed by atoms with E-state index in [1.807, 2.05) is 0 Å². The highest BCUT2D eigenvalue weighted by Gasteiger charge is 2.48. The molecular weight excluding hydrogens is 1260 g/mol. The Kier molecular flexibility index (Phi) is 19.8. The summed E-state index contributed by atoms with van der Waals surface area (Å²) in [4.78, 5) is 117. The van der Waals surface area contributed by atoms with Crippen LogP contribution in [0.4, 0.5) is 0 Å². The Hall–Kier alpha value is -9.38. The monoisotopic (exact) mass is 1320 g/mol. The first-order chi connectivity index (χ1) is 43.5. The van der Waals surface area contributed by atoms with Crippen LogP contribution in [0.2, 0.25) is 5.02 Å². The fourth-order valence-corrected chi connectivity index (χ4v) is 12.0. The second kappa shape index (κ2) is 27.2. The van der Waals surface area contributed by atoms with Gasteiger partial charge in [0.05, 0.1) is 17.7 Å². The molecule has 0 aromatic heterocycles. The molecule has 6 amide bonds. The molecule has 31 nitrogen and oxygen atoms in total. The van der Waals surface area contributed by atoms with Crippen LogP contribution in [0, 0.1) is 0 Å². The highest BCUT2D eigenvalue weighted by Crippen LogP contribution is 2.49. The topological polar surface area (TPSA) is 474 Å². The quantitative estimate of drug-likeness (QED) is 0.0760. The normalized spacial score (nSPS) is 25.4. The summed E-state index contributed by atoms with van der Waals surface area (Å²) in [6.07, 6.45) is -10.3. The highest BCUT2D eigenvalue weighted by atomic mass is 35.5. The van der Waals surface area contributed by atoms with Gasteiger partial charge in [-0.15, -0.1) is 0 Å². The predicted octanol–water partition coefficient (Wildman–Crippen LogP) is 0.579. The number of phenolic OH excluding ortho intramolecular Hbond substituents is 3. The van der Waals surface area contributed by atoms with Crippen molar-refractivity contribution in [1.82, 2.24) is 36.8 Å². The molecule has 0 aliphatic carbocycles. The zero-order valence-corrected chi connectivity index (χ0v) is 50.4. The van der Waals surface area contributed by atoms with Crippen molar-refractivity contribution in [2.75, 3.05) is 27.8 Å². The Labute approximate surface area is 526 Å². The molecule has 0 radical (unpaired) electrons. The lowest BCUT2D eigenvalue weighted by Crippen LogP contribution is -2.60. The molecule has 6 heterocycles. The zero-order chi connectivity index (χ0) is 66.9. The van der Waals surface area contributed by atoms with E-state index >= 15 is 14.4 Å². The van der Waals surface area contributed by atoms with Crippen molar-refractivity contribution in [3.8, 4) is 57.1 Å². The van der Waals surface area contributed by atoms with E-state index in [0.29, 0.717) is 5.56 Å². The molecule has 13 atom stereocenters. The van der Waals surface area contributed by atoms with Crippen LogP contribution in [-0.2, 0) is 64.4 Å². The average Bonchev–Trinajstić information content (AvgIpc) is 0.774. The van der Waals surface area contributed by atoms with Crippen molar-refractivity contribution in [1.29, 1.82) is 0 Å². The molecule has 11 rings (SSSR count). The number of aromatic hydroxyl groups is 3. The summed E-state index contributed by atoms with van der Waals surface area (Å²) in [5, 5.41) is 97.9. The van der Waals surface area contributed by atoms with E-state index in [4.69, 9.17) is 35.3 Å². The van der Waals surface area contributed by atoms with E-state index in [0.717, 1.165) is 67.8 Å². The van der Waals surface area contributed by atoms with Crippen LogP contribution < -0.4 is 46.1 Å². The van der Waals surface area contributed by atoms with Crippen molar-refractivity contribution in [2.45, 2.75) is 104 Å². The molecule has 92 heavy (non-hydrogen) atoms. The number of methoxy groups -OCH3 is 1. The smallest absolute Gasteiger partial charge is 0.330 e. The van der Waals surface area contributed by atoms with E-state index in [2.05, 4.69) is 31.9 Å². The number of carbonyl (C=O) groups excluding carboxylic acids is 6. The minimum Gasteiger partial charge on any atom is -0.508 e. The van der Waals surface area contributed by atoms with Crippen molar-refractivity contribution in [2.24, 2.45) is 0 Å². The number of nitrogens with zero attached hydrogens (tertiary/aromatic N) is 1. The molecule has 6 aliphatic rings. The number of hydrogen-bond donors (Lipinski definition) is 15. The van der Waals surface area contributed by atoms with Crippen LogP contribution in [-0.4, -0.2) is 189 Å². The Morgan fingerprint density at radius 1 is 0.750 bits per heavy atom. The Balaban J connectivity index is 1.34. The number of amides is 6. The number of carboxylic acids is 2. The number of carbonyl (C=O) groups is 8. The van der Waals surface area contributed by atoms with Crippen LogP contribution in [0.1, 0.15) is 71.0 Å². The lowest BCUT2D eigenvalue weighted by Gasteiger charge is -2.41. The SMILES string of the molecule is CO[C@H]1[C@H](Oc2c3cc4cc2Oc2ccc(cc2Cl)[C@@H](S(=O)(=O)O)[C@@H]2NC(=O)[C@H](NC(=O)[C@@H]4NC(=O)[C@@H](CCC(=O)O)NC(=O)[C@@H](NC(=O)[C@H](C)N(C)C)Cc4ccc(cc4)O3)c3ccc(O)c(c3)-c3c(O)cc(O)cc3C(C(=O)O)NC2=O)O[C@H](CO)[C@@H](O)[C@H]1O. The van der Waals surface area contributed by atoms with E-state index in [-0.39, 0.29) is 12.2 Å². The third-order valence-electron chi connectivity index (χ3n) is 15.8. The molecule has 1 fully saturated rings. The van der Waals surface area contributed by atoms with E-state index in [1.54, 1.807) is 25.9 Å². The number of aliphatic hydroxyl groups is 3. The van der Waals surface area contributed by atoms with Gasteiger partial charge in [-0.3, -0.25) is 43.0 Å². The van der Waals surface area contributed by atoms with E-state index in [9.17, 15) is 77.8 Å². The molecule has 6 aliphatic heterocycles. The second-order valence-electron chi connectivity index (χ2n) is 22.1. The van der Waals surface area contributed by atoms with Crippen LogP contribution in [0.3, 0.4) is 0 Å². The van der Waals surface area contributed by atoms with Gasteiger partial charge in [0, 0.05) is 42.7 Å². The standard InChI is InChI=1S/C59H62ClN7O24S/c1-23(67(2)3)52(76)62-34-15-24-5-9-29(10-6-24)88-38-18-27-19-39(49(38)91-59-50(87-4)48(75)47(74)40(22-68)90-59)89-37-13-8-26(17-32(37)60)51(92(84,85)86)46-57(81)65-45(58(82)83)31-20-28(69)21-36(71)42(31)30-16-25(7-12-35(30)70)43(55(79)66-46)64-56(80)44(27)63-53(77)33(61-54(34)78)11-14-41(72)73/h5-10,12-13,16-21,23,33-34,40,43-48,50-51,59,68-71,74-75H,11,14-15,22H2,1-4H3,(H,61,78)(H,62,76)(H,63,77)(H,64,80)(H,65,81)(H,66,79)(H,72,73)(H,82,83)(H,84,85,86)/t23-,33+,34-,40+,43+,44+,45?,46-,47+,48+,50+,51+,59-/m0/s1. The number of fused-ring (bicyclic) bond motifs is 15. The van der Waals surface area contributed by atoms with Gasteiger partial charge in [0.25, 0.3) is 10.1 Å². The lowest BCUT2D eigenvalue weighted by atomic mass is 9.89. The van der Waals surface area contributed by atoms with Gasteiger partial charge >= 0.3 is 11.9 Å². The number of carboxylic acid groups (broad SMARTS) is 2. The minimum absolute atomic E-state index is 0.0553. The number of ether oxygens (including phenoxy) is 5. The first-order valence-corrected chi connectivity index (χ1v) is 29.9. The molecule has 5 aromatic rings. The van der Waals surface area contributed by atoms with Gasteiger partial charge in [0.2, 0.25) is 47.5 Å². The van der Waals surface area contributed by atoms with E-state index in [1.165, 1.54) is 24.3 Å². The van der Waals surface area contributed by atoms with Crippen LogP contribution in [0.15, 0.2) is 84.9 Å². The summed E-state index contributed by atoms with van der Waals surface area (Å²) in [5.74, 6) is -15.7. The number of rotatable bonds is 12. The molecule has 1 saturated heterocycles. The molecule has 1 unspecified atom stereocenters. The van der Waals surface area contributed by atoms with Crippen LogP contribution >= 0.6 is 11.6 Å². The van der Waals surface area contributed by atoms with E-state index < -0.39 is 234 Å². The highest BCUT2D eigenvalue weighted by molar-refractivity contribution is 7.86. The number of phenols is 3. The van der Waals surface area contributed by atoms with Gasteiger partial charge in [-0.2, -0.15) is 8.42 Å². The van der Waals surface area contributed by atoms with Crippen molar-refractivity contribution >= 4 is 69.1 Å². The van der Waals surface area contributed by atoms with Crippen LogP contribution in [0.25, 0.3) is 11.1 Å². The number of hydrogen-bond acceptors (Lipinski definition) is 22. The van der Waals surface area contributed by atoms with Crippen molar-refractivity contribution in [3.63, 3.8) is 0 Å². The van der Waals surface area contributed by atoms with Gasteiger partial charge in [0.15, 0.2) is 17.5 Å². The number of halogens is 1. The predicted molar refractivity (Wildman–Crippen MR) is 315 cm³/mol. The molecule has 0 spiro atoms. The Bertz CT molecular complexity index is 3880. The first kappa shape index (κ1) is 67.0. The van der Waals surface area contributed by atoms with Gasteiger partial charge in [-0.1, -0.05) is 35.9 Å².